The molecule has 0 unspecified atom stereocenters. The maximum absolute atomic E-state index is 12.5. The predicted molar refractivity (Wildman–Crippen MR) is 101 cm³/mol. The Kier molecular flexibility index (Phi) is 6.92. The van der Waals surface area contributed by atoms with Gasteiger partial charge in [-0.15, -0.1) is 0 Å². The Bertz CT molecular complexity index is 924. The number of aryl methyl sites for hydroxylation is 1. The molecule has 10 heteroatoms. The van der Waals surface area contributed by atoms with Crippen molar-refractivity contribution in [3.05, 3.63) is 42.1 Å². The summed E-state index contributed by atoms with van der Waals surface area (Å²) >= 11 is 0. The minimum atomic E-state index is -3.93. The minimum Gasteiger partial charge on any atom is -0.451 e. The highest BCUT2D eigenvalue weighted by molar-refractivity contribution is 7.89. The van der Waals surface area contributed by atoms with Crippen molar-refractivity contribution in [1.82, 2.24) is 9.88 Å². The summed E-state index contributed by atoms with van der Waals surface area (Å²) in [5.74, 6) is -1.77. The number of ether oxygens (including phenoxy) is 1. The Morgan fingerprint density at radius 3 is 2.32 bits per heavy atom. The highest BCUT2D eigenvalue weighted by Gasteiger charge is 2.32. The lowest BCUT2D eigenvalue weighted by Crippen LogP contribution is -2.47. The fraction of sp³-hybridized carbons (Fsp3) is 0.389. The molecule has 2 N–H and O–H groups in total. The fourth-order valence-corrected chi connectivity index (χ4v) is 3.59. The fourth-order valence-electron chi connectivity index (χ4n) is 2.24. The van der Waals surface area contributed by atoms with Gasteiger partial charge in [0.25, 0.3) is 5.91 Å². The van der Waals surface area contributed by atoms with Gasteiger partial charge in [0.1, 0.15) is 6.04 Å². The zero-order chi connectivity index (χ0) is 20.9. The van der Waals surface area contributed by atoms with Crippen molar-refractivity contribution in [2.45, 2.75) is 44.7 Å². The highest BCUT2D eigenvalue weighted by atomic mass is 32.2. The van der Waals surface area contributed by atoms with Crippen molar-refractivity contribution in [3.8, 4) is 0 Å². The lowest BCUT2D eigenvalue weighted by atomic mass is 10.1. The van der Waals surface area contributed by atoms with E-state index < -0.39 is 40.0 Å². The molecule has 0 radical (unpaired) electrons. The molecule has 0 aliphatic carbocycles. The van der Waals surface area contributed by atoms with Crippen molar-refractivity contribution >= 4 is 27.8 Å². The van der Waals surface area contributed by atoms with Crippen LogP contribution in [0, 0.1) is 12.8 Å². The number of nitrogens with one attached hydrogen (secondary N) is 2. The van der Waals surface area contributed by atoms with Gasteiger partial charge in [0.2, 0.25) is 15.9 Å². The van der Waals surface area contributed by atoms with Gasteiger partial charge >= 0.3 is 5.97 Å². The van der Waals surface area contributed by atoms with Gasteiger partial charge in [-0.3, -0.25) is 14.9 Å². The molecule has 0 saturated carbocycles. The van der Waals surface area contributed by atoms with Crippen molar-refractivity contribution in [2.24, 2.45) is 5.92 Å². The molecule has 1 aromatic heterocycles. The van der Waals surface area contributed by atoms with Crippen LogP contribution >= 0.6 is 0 Å². The summed E-state index contributed by atoms with van der Waals surface area (Å²) in [6.07, 6.45) is -1.17. The molecule has 0 bridgehead atoms. The summed E-state index contributed by atoms with van der Waals surface area (Å²) in [5.41, 5.74) is 0.579. The van der Waals surface area contributed by atoms with E-state index in [1.165, 1.54) is 25.1 Å². The van der Waals surface area contributed by atoms with E-state index in [0.717, 1.165) is 0 Å². The van der Waals surface area contributed by atoms with Crippen molar-refractivity contribution in [1.29, 1.82) is 0 Å². The van der Waals surface area contributed by atoms with Gasteiger partial charge in [0.05, 0.1) is 10.6 Å². The summed E-state index contributed by atoms with van der Waals surface area (Å²) in [4.78, 5) is 24.7. The number of amides is 1. The summed E-state index contributed by atoms with van der Waals surface area (Å²) in [6, 6.07) is 8.03. The molecule has 1 heterocycles. The first-order chi connectivity index (χ1) is 13.1. The SMILES string of the molecule is Cc1cc(NC(=O)[C@H](C)OC(=O)[C@H](NS(=O)(=O)c2ccccc2)C(C)C)on1. The number of nitrogens with zero attached hydrogens (tertiary/aromatic N) is 1. The van der Waals surface area contributed by atoms with Crippen molar-refractivity contribution < 1.29 is 27.3 Å². The minimum absolute atomic E-state index is 0.0277. The van der Waals surface area contributed by atoms with Gasteiger partial charge in [0.15, 0.2) is 6.10 Å². The van der Waals surface area contributed by atoms with Gasteiger partial charge < -0.3 is 9.26 Å². The van der Waals surface area contributed by atoms with Crippen molar-refractivity contribution in [3.63, 3.8) is 0 Å². The quantitative estimate of drug-likeness (QED) is 0.637. The Labute approximate surface area is 163 Å². The molecule has 28 heavy (non-hydrogen) atoms. The van der Waals surface area contributed by atoms with Crippen molar-refractivity contribution in [2.75, 3.05) is 5.32 Å². The summed E-state index contributed by atoms with van der Waals surface area (Å²) in [7, 11) is -3.93. The third-order valence-electron chi connectivity index (χ3n) is 3.79. The van der Waals surface area contributed by atoms with Crippen LogP contribution in [0.25, 0.3) is 0 Å². The molecule has 0 aliphatic heterocycles. The molecular weight excluding hydrogens is 386 g/mol. The van der Waals surface area contributed by atoms with Crippen LogP contribution in [-0.2, 0) is 24.3 Å². The first-order valence-corrected chi connectivity index (χ1v) is 10.1. The lowest BCUT2D eigenvalue weighted by molar-refractivity contribution is -0.155. The molecule has 1 aromatic carbocycles. The number of anilines is 1. The van der Waals surface area contributed by atoms with E-state index in [9.17, 15) is 18.0 Å². The summed E-state index contributed by atoms with van der Waals surface area (Å²) in [6.45, 7) is 6.40. The Balaban J connectivity index is 2.05. The molecular formula is C18H23N3O6S. The number of esters is 1. The molecule has 152 valence electrons. The van der Waals surface area contributed by atoms with Crippen LogP contribution in [0.15, 0.2) is 45.8 Å². The number of aromatic nitrogens is 1. The predicted octanol–water partition coefficient (Wildman–Crippen LogP) is 1.86. The standard InChI is InChI=1S/C18H23N3O6S/c1-11(2)16(21-28(24,25)14-8-6-5-7-9-14)18(23)26-13(4)17(22)19-15-10-12(3)20-27-15/h5-11,13,16,21H,1-4H3,(H,19,22)/t13-,16+/m0/s1. The maximum atomic E-state index is 12.5. The number of rotatable bonds is 8. The second-order valence-corrected chi connectivity index (χ2v) is 8.27. The number of sulfonamides is 1. The molecule has 0 aliphatic rings. The Hall–Kier alpha value is -2.72. The first-order valence-electron chi connectivity index (χ1n) is 8.62. The number of carbonyl (C=O) groups is 2. The van der Waals surface area contributed by atoms with Gasteiger partial charge in [-0.25, -0.2) is 8.42 Å². The average Bonchev–Trinajstić information content (AvgIpc) is 3.04. The van der Waals surface area contributed by atoms with E-state index in [4.69, 9.17) is 9.26 Å². The normalized spacial score (nSPS) is 13.8. The topological polar surface area (TPSA) is 128 Å². The van der Waals surface area contributed by atoms with E-state index in [-0.39, 0.29) is 10.8 Å². The van der Waals surface area contributed by atoms with Crippen LogP contribution in [0.3, 0.4) is 0 Å². The molecule has 2 atom stereocenters. The Morgan fingerprint density at radius 1 is 1.14 bits per heavy atom. The van der Waals surface area contributed by atoms with E-state index >= 15 is 0 Å². The lowest BCUT2D eigenvalue weighted by Gasteiger charge is -2.22. The summed E-state index contributed by atoms with van der Waals surface area (Å²) in [5, 5.41) is 6.06. The second kappa shape index (κ2) is 8.98. The van der Waals surface area contributed by atoms with Gasteiger partial charge in [-0.1, -0.05) is 37.2 Å². The molecule has 1 amide bonds. The molecule has 0 saturated heterocycles. The number of carbonyl (C=O) groups excluding carboxylic acids is 2. The van der Waals surface area contributed by atoms with Crippen LogP contribution < -0.4 is 10.0 Å². The maximum Gasteiger partial charge on any atom is 0.325 e. The third kappa shape index (κ3) is 5.64. The molecule has 9 nitrogen and oxygen atoms in total. The molecule has 0 fully saturated rings. The zero-order valence-corrected chi connectivity index (χ0v) is 16.8. The third-order valence-corrected chi connectivity index (χ3v) is 5.25. The zero-order valence-electron chi connectivity index (χ0n) is 16.0. The van der Waals surface area contributed by atoms with E-state index in [0.29, 0.717) is 5.69 Å². The van der Waals surface area contributed by atoms with E-state index in [1.54, 1.807) is 39.0 Å². The van der Waals surface area contributed by atoms with Gasteiger partial charge in [-0.2, -0.15) is 4.72 Å². The Morgan fingerprint density at radius 2 is 1.79 bits per heavy atom. The van der Waals surface area contributed by atoms with Gasteiger partial charge in [0, 0.05) is 6.07 Å². The van der Waals surface area contributed by atoms with Crippen LogP contribution in [0.1, 0.15) is 26.5 Å². The molecule has 2 aromatic rings. The van der Waals surface area contributed by atoms with Crippen LogP contribution in [0.2, 0.25) is 0 Å². The van der Waals surface area contributed by atoms with E-state index in [2.05, 4.69) is 15.2 Å². The second-order valence-electron chi connectivity index (χ2n) is 6.56. The average molecular weight is 409 g/mol. The largest absolute Gasteiger partial charge is 0.451 e. The molecule has 2 rings (SSSR count). The van der Waals surface area contributed by atoms with Gasteiger partial charge in [-0.05, 0) is 31.9 Å². The van der Waals surface area contributed by atoms with Crippen LogP contribution in [0.5, 0.6) is 0 Å². The number of hydrogen-bond donors (Lipinski definition) is 2. The smallest absolute Gasteiger partial charge is 0.325 e. The van der Waals surface area contributed by atoms with Crippen LogP contribution in [-0.4, -0.2) is 37.6 Å². The van der Waals surface area contributed by atoms with Crippen LogP contribution in [0.4, 0.5) is 5.88 Å². The summed E-state index contributed by atoms with van der Waals surface area (Å²) < 4.78 is 37.4. The highest BCUT2D eigenvalue weighted by Crippen LogP contribution is 2.14. The number of hydrogen-bond acceptors (Lipinski definition) is 7. The monoisotopic (exact) mass is 409 g/mol. The number of benzene rings is 1. The van der Waals surface area contributed by atoms with E-state index in [1.807, 2.05) is 0 Å². The first kappa shape index (κ1) is 21.6. The molecule has 0 spiro atoms.